The molecule has 0 atom stereocenters. The first kappa shape index (κ1) is 18.2. The van der Waals surface area contributed by atoms with Crippen LogP contribution < -0.4 is 10.7 Å². The molecule has 0 fully saturated rings. The Hall–Kier alpha value is -4.21. The molecule has 2 aromatic heterocycles. The van der Waals surface area contributed by atoms with Gasteiger partial charge in [-0.1, -0.05) is 12.1 Å². The van der Waals surface area contributed by atoms with E-state index < -0.39 is 17.2 Å². The molecule has 0 spiro atoms. The third-order valence-electron chi connectivity index (χ3n) is 4.14. The van der Waals surface area contributed by atoms with E-state index in [-0.39, 0.29) is 11.4 Å². The molecule has 10 heteroatoms. The normalized spacial score (nSPS) is 10.7. The van der Waals surface area contributed by atoms with Gasteiger partial charge in [-0.05, 0) is 53.7 Å². The molecule has 1 amide bonds. The Morgan fingerprint density at radius 1 is 1.10 bits per heavy atom. The van der Waals surface area contributed by atoms with Crippen LogP contribution in [0.1, 0.15) is 16.2 Å². The first-order chi connectivity index (χ1) is 14.0. The lowest BCUT2D eigenvalue weighted by molar-refractivity contribution is 0.101. The number of halogens is 1. The van der Waals surface area contributed by atoms with Crippen LogP contribution in [0.25, 0.3) is 11.4 Å². The summed E-state index contributed by atoms with van der Waals surface area (Å²) in [5.74, 6) is -1.22. The Balaban J connectivity index is 1.63. The number of nitrogens with one attached hydrogen (secondary N) is 1. The molecule has 2 aromatic carbocycles. The van der Waals surface area contributed by atoms with Crippen LogP contribution in [-0.2, 0) is 0 Å². The van der Waals surface area contributed by atoms with Crippen LogP contribution in [0.2, 0.25) is 0 Å². The molecular weight excluding hydrogens is 377 g/mol. The van der Waals surface area contributed by atoms with Crippen LogP contribution in [0, 0.1) is 12.7 Å². The number of para-hydroxylation sites is 1. The van der Waals surface area contributed by atoms with Gasteiger partial charge in [0.25, 0.3) is 5.91 Å². The maximum atomic E-state index is 14.1. The number of nitrogens with zero attached hydrogens (tertiary/aromatic N) is 6. The number of tetrazole rings is 1. The van der Waals surface area contributed by atoms with Crippen molar-refractivity contribution in [2.45, 2.75) is 6.92 Å². The van der Waals surface area contributed by atoms with Crippen LogP contribution in [0.3, 0.4) is 0 Å². The molecule has 0 aliphatic heterocycles. The highest BCUT2D eigenvalue weighted by Gasteiger charge is 2.17. The monoisotopic (exact) mass is 391 g/mol. The molecule has 0 saturated heterocycles. The summed E-state index contributed by atoms with van der Waals surface area (Å²) in [5.41, 5.74) is 0.794. The van der Waals surface area contributed by atoms with Crippen molar-refractivity contribution in [1.82, 2.24) is 30.0 Å². The van der Waals surface area contributed by atoms with Crippen LogP contribution in [0.15, 0.2) is 65.7 Å². The van der Waals surface area contributed by atoms with E-state index in [9.17, 15) is 14.0 Å². The molecule has 0 bridgehead atoms. The van der Waals surface area contributed by atoms with Gasteiger partial charge >= 0.3 is 0 Å². The number of carbonyl (C=O) groups excluding carboxylic acids is 1. The molecule has 0 aliphatic rings. The minimum atomic E-state index is -0.699. The Labute approximate surface area is 163 Å². The fourth-order valence-corrected chi connectivity index (χ4v) is 2.74. The standard InChI is InChI=1S/C19H14FN7O2/c1-12-10-17(28)18(23-27(12)16-5-3-2-4-15(16)20)19(29)22-13-6-8-14(9-7-13)26-11-21-24-25-26/h2-11H,1H3,(H,22,29). The van der Waals surface area contributed by atoms with Gasteiger partial charge in [-0.25, -0.2) is 13.8 Å². The van der Waals surface area contributed by atoms with Crippen molar-refractivity contribution in [3.05, 3.63) is 88.4 Å². The van der Waals surface area contributed by atoms with Gasteiger partial charge in [-0.3, -0.25) is 9.59 Å². The van der Waals surface area contributed by atoms with Crippen LogP contribution >= 0.6 is 0 Å². The number of hydrogen-bond acceptors (Lipinski definition) is 6. The Morgan fingerprint density at radius 3 is 2.55 bits per heavy atom. The van der Waals surface area contributed by atoms with E-state index >= 15 is 0 Å². The zero-order valence-electron chi connectivity index (χ0n) is 15.2. The van der Waals surface area contributed by atoms with E-state index in [1.165, 1.54) is 33.9 Å². The van der Waals surface area contributed by atoms with Crippen molar-refractivity contribution in [2.24, 2.45) is 0 Å². The number of benzene rings is 2. The fraction of sp³-hybridized carbons (Fsp3) is 0.0526. The van der Waals surface area contributed by atoms with Crippen molar-refractivity contribution in [1.29, 1.82) is 0 Å². The number of aryl methyl sites for hydroxylation is 1. The molecule has 0 aliphatic carbocycles. The highest BCUT2D eigenvalue weighted by molar-refractivity contribution is 6.02. The lowest BCUT2D eigenvalue weighted by atomic mass is 10.2. The Bertz CT molecular complexity index is 1230. The minimum Gasteiger partial charge on any atom is -0.320 e. The summed E-state index contributed by atoms with van der Waals surface area (Å²) < 4.78 is 16.8. The molecule has 0 radical (unpaired) electrons. The predicted octanol–water partition coefficient (Wildman–Crippen LogP) is 1.91. The third-order valence-corrected chi connectivity index (χ3v) is 4.14. The van der Waals surface area contributed by atoms with Gasteiger partial charge in [0, 0.05) is 17.4 Å². The van der Waals surface area contributed by atoms with Crippen LogP contribution in [0.5, 0.6) is 0 Å². The smallest absolute Gasteiger partial charge is 0.280 e. The molecular formula is C19H14FN7O2. The summed E-state index contributed by atoms with van der Waals surface area (Å²) in [6, 6.07) is 13.9. The van der Waals surface area contributed by atoms with Gasteiger partial charge in [-0.2, -0.15) is 5.10 Å². The highest BCUT2D eigenvalue weighted by Crippen LogP contribution is 2.15. The maximum Gasteiger partial charge on any atom is 0.280 e. The summed E-state index contributed by atoms with van der Waals surface area (Å²) in [6.07, 6.45) is 1.44. The van der Waals surface area contributed by atoms with Crippen molar-refractivity contribution >= 4 is 11.6 Å². The zero-order chi connectivity index (χ0) is 20.4. The first-order valence-electron chi connectivity index (χ1n) is 8.53. The summed E-state index contributed by atoms with van der Waals surface area (Å²) in [7, 11) is 0. The largest absolute Gasteiger partial charge is 0.320 e. The van der Waals surface area contributed by atoms with Crippen LogP contribution in [-0.4, -0.2) is 35.9 Å². The molecule has 0 unspecified atom stereocenters. The highest BCUT2D eigenvalue weighted by atomic mass is 19.1. The quantitative estimate of drug-likeness (QED) is 0.569. The first-order valence-corrected chi connectivity index (χ1v) is 8.53. The van der Waals surface area contributed by atoms with Crippen molar-refractivity contribution in [3.63, 3.8) is 0 Å². The van der Waals surface area contributed by atoms with Gasteiger partial charge in [0.15, 0.2) is 5.69 Å². The van der Waals surface area contributed by atoms with Crippen molar-refractivity contribution in [2.75, 3.05) is 5.32 Å². The number of carbonyl (C=O) groups is 1. The number of hydrogen-bond donors (Lipinski definition) is 1. The topological polar surface area (TPSA) is 108 Å². The van der Waals surface area contributed by atoms with Crippen LogP contribution in [0.4, 0.5) is 10.1 Å². The van der Waals surface area contributed by atoms with Gasteiger partial charge < -0.3 is 5.32 Å². The number of rotatable bonds is 4. The van der Waals surface area contributed by atoms with Gasteiger partial charge in [-0.15, -0.1) is 5.10 Å². The van der Waals surface area contributed by atoms with Gasteiger partial charge in [0.05, 0.1) is 5.69 Å². The molecule has 144 valence electrons. The summed E-state index contributed by atoms with van der Waals surface area (Å²) in [4.78, 5) is 24.9. The Kier molecular flexibility index (Phi) is 4.65. The lowest BCUT2D eigenvalue weighted by Gasteiger charge is -2.12. The second kappa shape index (κ2) is 7.43. The Morgan fingerprint density at radius 2 is 1.86 bits per heavy atom. The number of anilines is 1. The van der Waals surface area contributed by atoms with Crippen molar-refractivity contribution < 1.29 is 9.18 Å². The van der Waals surface area contributed by atoms with E-state index in [0.717, 1.165) is 0 Å². The van der Waals surface area contributed by atoms with E-state index in [1.54, 1.807) is 43.3 Å². The molecule has 29 heavy (non-hydrogen) atoms. The molecule has 0 saturated carbocycles. The lowest BCUT2D eigenvalue weighted by Crippen LogP contribution is -2.27. The fourth-order valence-electron chi connectivity index (χ4n) is 2.74. The molecule has 4 rings (SSSR count). The predicted molar refractivity (Wildman–Crippen MR) is 102 cm³/mol. The SMILES string of the molecule is Cc1cc(=O)c(C(=O)Nc2ccc(-n3cnnn3)cc2)nn1-c1ccccc1F. The zero-order valence-corrected chi connectivity index (χ0v) is 15.2. The van der Waals surface area contributed by atoms with E-state index in [0.29, 0.717) is 17.1 Å². The molecule has 9 nitrogen and oxygen atoms in total. The van der Waals surface area contributed by atoms with Gasteiger partial charge in [0.1, 0.15) is 17.8 Å². The molecule has 4 aromatic rings. The molecule has 1 N–H and O–H groups in total. The average Bonchev–Trinajstić information content (AvgIpc) is 3.24. The number of amides is 1. The summed E-state index contributed by atoms with van der Waals surface area (Å²) in [5, 5.41) is 17.6. The third kappa shape index (κ3) is 3.63. The summed E-state index contributed by atoms with van der Waals surface area (Å²) in [6.45, 7) is 1.61. The molecule has 2 heterocycles. The van der Waals surface area contributed by atoms with Crippen molar-refractivity contribution in [3.8, 4) is 11.4 Å². The number of aromatic nitrogens is 6. The second-order valence-corrected chi connectivity index (χ2v) is 6.12. The minimum absolute atomic E-state index is 0.143. The summed E-state index contributed by atoms with van der Waals surface area (Å²) >= 11 is 0. The maximum absolute atomic E-state index is 14.1. The average molecular weight is 391 g/mol. The van der Waals surface area contributed by atoms with E-state index in [2.05, 4.69) is 25.9 Å². The van der Waals surface area contributed by atoms with E-state index in [1.807, 2.05) is 0 Å². The van der Waals surface area contributed by atoms with Gasteiger partial charge in [0.2, 0.25) is 5.43 Å². The second-order valence-electron chi connectivity index (χ2n) is 6.12. The van der Waals surface area contributed by atoms with E-state index in [4.69, 9.17) is 0 Å².